The van der Waals surface area contributed by atoms with Crippen LogP contribution < -0.4 is 0 Å². The number of hydrogen-bond donors (Lipinski definition) is 0. The second-order valence-corrected chi connectivity index (χ2v) is 2.65. The standard InChI is InChI=1S/B.2ClH.Ti/h;2*1H;/q;;;+2/p-2. The van der Waals surface area contributed by atoms with Crippen LogP contribution in [-0.4, -0.2) is 8.41 Å². The normalized spacial score (nSPS) is 3.50. The Kier molecular flexibility index (Phi) is 19.9. The molecule has 0 aliphatic heterocycles. The Morgan fingerprint density at radius 3 is 1.25 bits per heavy atom. The van der Waals surface area contributed by atoms with Gasteiger partial charge in [-0.1, -0.05) is 0 Å². The topological polar surface area (TPSA) is 0 Å². The van der Waals surface area contributed by atoms with Crippen LogP contribution in [0.25, 0.3) is 0 Å². The van der Waals surface area contributed by atoms with E-state index in [4.69, 9.17) is 18.6 Å². The molecule has 0 nitrogen and oxygen atoms in total. The molecule has 21 valence electrons. The summed E-state index contributed by atoms with van der Waals surface area (Å²) in [5.74, 6) is 0. The van der Waals surface area contributed by atoms with Crippen LogP contribution in [0.4, 0.5) is 0 Å². The van der Waals surface area contributed by atoms with Gasteiger partial charge in [-0.25, -0.2) is 0 Å². The molecule has 0 fully saturated rings. The number of rotatable bonds is 0. The zero-order chi connectivity index (χ0) is 2.71. The Labute approximate surface area is 44.1 Å². The second-order valence-electron chi connectivity index (χ2n) is 0.0714. The van der Waals surface area contributed by atoms with Crippen LogP contribution in [0.5, 0.6) is 0 Å². The maximum atomic E-state index is 4.89. The molecule has 0 atom stereocenters. The van der Waals surface area contributed by atoms with E-state index in [2.05, 4.69) is 0 Å². The van der Waals surface area contributed by atoms with E-state index >= 15 is 0 Å². The van der Waals surface area contributed by atoms with Gasteiger partial charge in [0.25, 0.3) is 0 Å². The first-order chi connectivity index (χ1) is 1.41. The van der Waals surface area contributed by atoms with Gasteiger partial charge in [0.1, 0.15) is 0 Å². The maximum absolute atomic E-state index is 4.89. The van der Waals surface area contributed by atoms with E-state index in [-0.39, 0.29) is 8.41 Å². The summed E-state index contributed by atoms with van der Waals surface area (Å²) in [4.78, 5) is 0. The van der Waals surface area contributed by atoms with Crippen LogP contribution >= 0.6 is 18.6 Å². The summed E-state index contributed by atoms with van der Waals surface area (Å²) >= 11 is -0.556. The van der Waals surface area contributed by atoms with Gasteiger partial charge in [0, 0.05) is 8.41 Å². The van der Waals surface area contributed by atoms with Crippen LogP contribution in [0.15, 0.2) is 0 Å². The molecule has 0 amide bonds. The minimum atomic E-state index is -0.556. The Bertz CT molecular complexity index is 6.00. The quantitative estimate of drug-likeness (QED) is 0.428. The van der Waals surface area contributed by atoms with E-state index in [1.54, 1.807) is 0 Å². The van der Waals surface area contributed by atoms with E-state index in [0.29, 0.717) is 0 Å². The van der Waals surface area contributed by atoms with E-state index in [1.165, 1.54) is 0 Å². The number of halogens is 2. The summed E-state index contributed by atoms with van der Waals surface area (Å²) in [6.45, 7) is 0. The molecule has 0 heterocycles. The molecular weight excluding hydrogens is 130 g/mol. The van der Waals surface area contributed by atoms with E-state index in [1.807, 2.05) is 0 Å². The molecule has 0 saturated carbocycles. The number of hydrogen-bond acceptors (Lipinski definition) is 0. The molecule has 0 aromatic heterocycles. The fourth-order valence-corrected chi connectivity index (χ4v) is 0. The van der Waals surface area contributed by atoms with Gasteiger partial charge in [-0.05, 0) is 0 Å². The van der Waals surface area contributed by atoms with Gasteiger partial charge in [0.2, 0.25) is 0 Å². The summed E-state index contributed by atoms with van der Waals surface area (Å²) in [5, 5.41) is 0. The average molecular weight is 130 g/mol. The molecule has 0 spiro atoms. The van der Waals surface area contributed by atoms with Gasteiger partial charge in [0.05, 0.1) is 0 Å². The molecule has 0 saturated heterocycles. The van der Waals surface area contributed by atoms with Crippen molar-refractivity contribution in [3.05, 3.63) is 0 Å². The first-order valence-corrected chi connectivity index (χ1v) is 4.68. The first kappa shape index (κ1) is 9.02. The zero-order valence-corrected chi connectivity index (χ0v) is 4.91. The molecular formula is BCl2Ti. The third kappa shape index (κ3) is 10.1. The van der Waals surface area contributed by atoms with Crippen LogP contribution in [0.3, 0.4) is 0 Å². The Morgan fingerprint density at radius 1 is 1.25 bits per heavy atom. The molecule has 0 rings (SSSR count). The van der Waals surface area contributed by atoms with Crippen molar-refractivity contribution in [2.24, 2.45) is 0 Å². The third-order valence-electron chi connectivity index (χ3n) is 0. The fourth-order valence-electron chi connectivity index (χ4n) is 0. The van der Waals surface area contributed by atoms with Crippen molar-refractivity contribution in [1.29, 1.82) is 0 Å². The zero-order valence-electron chi connectivity index (χ0n) is 1.83. The van der Waals surface area contributed by atoms with Crippen LogP contribution in [0.2, 0.25) is 0 Å². The molecule has 0 bridgehead atoms. The molecule has 0 aliphatic carbocycles. The van der Waals surface area contributed by atoms with Crippen LogP contribution in [0, 0.1) is 0 Å². The minimum absolute atomic E-state index is 0. The van der Waals surface area contributed by atoms with Crippen molar-refractivity contribution >= 4 is 27.0 Å². The molecule has 4 heavy (non-hydrogen) atoms. The Balaban J connectivity index is 0. The molecule has 0 aromatic rings. The third-order valence-corrected chi connectivity index (χ3v) is 0. The first-order valence-electron chi connectivity index (χ1n) is 0.378. The summed E-state index contributed by atoms with van der Waals surface area (Å²) in [7, 11) is 9.78. The molecule has 0 unspecified atom stereocenters. The van der Waals surface area contributed by atoms with E-state index in [0.717, 1.165) is 0 Å². The van der Waals surface area contributed by atoms with Crippen molar-refractivity contribution < 1.29 is 17.0 Å². The van der Waals surface area contributed by atoms with Crippen molar-refractivity contribution in [2.75, 3.05) is 0 Å². The van der Waals surface area contributed by atoms with Gasteiger partial charge >= 0.3 is 35.6 Å². The molecule has 0 aromatic carbocycles. The van der Waals surface area contributed by atoms with Crippen molar-refractivity contribution in [1.82, 2.24) is 0 Å². The molecule has 3 radical (unpaired) electrons. The van der Waals surface area contributed by atoms with Gasteiger partial charge in [0.15, 0.2) is 0 Å². The van der Waals surface area contributed by atoms with Gasteiger partial charge in [-0.3, -0.25) is 0 Å². The Morgan fingerprint density at radius 2 is 1.25 bits per heavy atom. The molecule has 0 N–H and O–H groups in total. The summed E-state index contributed by atoms with van der Waals surface area (Å²) in [6.07, 6.45) is 0. The van der Waals surface area contributed by atoms with E-state index < -0.39 is 17.0 Å². The SMILES string of the molecule is [B].[Cl][Ti][Cl]. The summed E-state index contributed by atoms with van der Waals surface area (Å²) < 4.78 is 0. The molecule has 0 aliphatic rings. The fraction of sp³-hybridized carbons (Fsp3) is 0. The van der Waals surface area contributed by atoms with Gasteiger partial charge in [-0.2, -0.15) is 0 Å². The second kappa shape index (κ2) is 8.84. The summed E-state index contributed by atoms with van der Waals surface area (Å²) in [5.41, 5.74) is 0. The van der Waals surface area contributed by atoms with Gasteiger partial charge in [-0.15, -0.1) is 0 Å². The molecule has 4 heteroatoms. The Hall–Kier alpha value is 1.36. The predicted octanol–water partition coefficient (Wildman–Crippen LogP) is 0.996. The van der Waals surface area contributed by atoms with Crippen molar-refractivity contribution in [3.63, 3.8) is 0 Å². The van der Waals surface area contributed by atoms with Gasteiger partial charge < -0.3 is 0 Å². The summed E-state index contributed by atoms with van der Waals surface area (Å²) in [6, 6.07) is 0. The van der Waals surface area contributed by atoms with Crippen molar-refractivity contribution in [3.8, 4) is 0 Å². The van der Waals surface area contributed by atoms with Crippen LogP contribution in [0.1, 0.15) is 0 Å². The van der Waals surface area contributed by atoms with Crippen molar-refractivity contribution in [2.45, 2.75) is 0 Å². The predicted molar refractivity (Wildman–Crippen MR) is 17.5 cm³/mol. The average Bonchev–Trinajstić information content (AvgIpc) is 0.918. The monoisotopic (exact) mass is 129 g/mol. The van der Waals surface area contributed by atoms with E-state index in [9.17, 15) is 0 Å². The van der Waals surface area contributed by atoms with Crippen LogP contribution in [-0.2, 0) is 17.0 Å².